The lowest BCUT2D eigenvalue weighted by Crippen LogP contribution is -2.04. The Morgan fingerprint density at radius 2 is 1.91 bits per heavy atom. The molecule has 0 saturated heterocycles. The second kappa shape index (κ2) is 6.21. The van der Waals surface area contributed by atoms with Crippen LogP contribution in [-0.4, -0.2) is 22.4 Å². The maximum Gasteiger partial charge on any atom is 0.114 e. The maximum absolute atomic E-state index is 9.14. The van der Waals surface area contributed by atoms with Crippen LogP contribution in [0, 0.1) is 11.8 Å². The molecule has 0 aromatic heterocycles. The van der Waals surface area contributed by atoms with Crippen LogP contribution >= 0.6 is 0 Å². The van der Waals surface area contributed by atoms with Gasteiger partial charge < -0.3 is 10.2 Å². The van der Waals surface area contributed by atoms with Crippen molar-refractivity contribution in [3.05, 3.63) is 0 Å². The van der Waals surface area contributed by atoms with Gasteiger partial charge in [0.05, 0.1) is 0 Å². The topological polar surface area (TPSA) is 40.5 Å². The van der Waals surface area contributed by atoms with E-state index < -0.39 is 12.2 Å². The highest BCUT2D eigenvalue weighted by atomic mass is 16.3. The van der Waals surface area contributed by atoms with Crippen LogP contribution < -0.4 is 0 Å². The van der Waals surface area contributed by atoms with Crippen LogP contribution in [0.4, 0.5) is 0 Å². The average molecular weight is 156 g/mol. The molecule has 0 bridgehead atoms. The van der Waals surface area contributed by atoms with Gasteiger partial charge in [0.2, 0.25) is 0 Å². The molecule has 0 aromatic carbocycles. The Labute approximate surface area is 68.2 Å². The van der Waals surface area contributed by atoms with Gasteiger partial charge in [-0.2, -0.15) is 0 Å². The summed E-state index contributed by atoms with van der Waals surface area (Å²) >= 11 is 0. The van der Waals surface area contributed by atoms with E-state index in [0.717, 1.165) is 12.8 Å². The van der Waals surface area contributed by atoms with Gasteiger partial charge >= 0.3 is 0 Å². The van der Waals surface area contributed by atoms with Crippen LogP contribution in [0.15, 0.2) is 0 Å². The molecule has 2 atom stereocenters. The summed E-state index contributed by atoms with van der Waals surface area (Å²) in [6.07, 6.45) is 1.55. The minimum Gasteiger partial charge on any atom is -0.381 e. The fourth-order valence-electron chi connectivity index (χ4n) is 0.686. The van der Waals surface area contributed by atoms with E-state index in [-0.39, 0.29) is 0 Å². The first-order valence-electron chi connectivity index (χ1n) is 4.04. The van der Waals surface area contributed by atoms with Crippen molar-refractivity contribution < 1.29 is 10.2 Å². The lowest BCUT2D eigenvalue weighted by atomic mass is 10.1. The van der Waals surface area contributed by atoms with Crippen molar-refractivity contribution in [1.82, 2.24) is 0 Å². The third-order valence-corrected chi connectivity index (χ3v) is 1.29. The zero-order chi connectivity index (χ0) is 8.69. The summed E-state index contributed by atoms with van der Waals surface area (Å²) in [6.45, 7) is 3.65. The van der Waals surface area contributed by atoms with Crippen molar-refractivity contribution in [2.24, 2.45) is 0 Å². The van der Waals surface area contributed by atoms with E-state index in [2.05, 4.69) is 18.8 Å². The van der Waals surface area contributed by atoms with Crippen LogP contribution in [0.3, 0.4) is 0 Å². The first-order valence-corrected chi connectivity index (χ1v) is 4.04. The van der Waals surface area contributed by atoms with Crippen LogP contribution in [0.1, 0.15) is 33.1 Å². The molecule has 0 saturated carbocycles. The molecular formula is C9H16O2. The first kappa shape index (κ1) is 10.5. The molecule has 0 fully saturated rings. The largest absolute Gasteiger partial charge is 0.381 e. The Morgan fingerprint density at radius 1 is 1.27 bits per heavy atom. The number of unbranched alkanes of at least 4 members (excludes halogenated alkanes) is 1. The fraction of sp³-hybridized carbons (Fsp3) is 0.778. The smallest absolute Gasteiger partial charge is 0.114 e. The molecule has 0 radical (unpaired) electrons. The molecule has 0 spiro atoms. The average Bonchev–Trinajstić information content (AvgIpc) is 1.97. The number of hydrogen-bond acceptors (Lipinski definition) is 2. The zero-order valence-corrected chi connectivity index (χ0v) is 7.17. The summed E-state index contributed by atoms with van der Waals surface area (Å²) in [4.78, 5) is 0. The molecule has 2 heteroatoms. The fourth-order valence-corrected chi connectivity index (χ4v) is 0.686. The molecule has 0 amide bonds. The summed E-state index contributed by atoms with van der Waals surface area (Å²) in [5.41, 5.74) is 0. The quantitative estimate of drug-likeness (QED) is 0.596. The van der Waals surface area contributed by atoms with E-state index in [1.165, 1.54) is 0 Å². The lowest BCUT2D eigenvalue weighted by Gasteiger charge is -2.00. The maximum atomic E-state index is 9.14. The molecule has 0 aliphatic rings. The van der Waals surface area contributed by atoms with Gasteiger partial charge in [-0.1, -0.05) is 31.6 Å². The third kappa shape index (κ3) is 7.38. The van der Waals surface area contributed by atoms with E-state index in [1.807, 2.05) is 0 Å². The highest BCUT2D eigenvalue weighted by molar-refractivity contribution is 5.07. The molecule has 2 nitrogen and oxygen atoms in total. The van der Waals surface area contributed by atoms with Gasteiger partial charge in [0, 0.05) is 0 Å². The Hall–Kier alpha value is -0.520. The van der Waals surface area contributed by atoms with Crippen LogP contribution in [0.25, 0.3) is 0 Å². The Morgan fingerprint density at radius 3 is 2.36 bits per heavy atom. The molecular weight excluding hydrogens is 140 g/mol. The number of rotatable bonds is 3. The minimum absolute atomic E-state index is 0.565. The van der Waals surface area contributed by atoms with E-state index in [9.17, 15) is 0 Å². The Bertz CT molecular complexity index is 141. The summed E-state index contributed by atoms with van der Waals surface area (Å²) < 4.78 is 0. The van der Waals surface area contributed by atoms with Crippen molar-refractivity contribution in [3.63, 3.8) is 0 Å². The monoisotopic (exact) mass is 156 g/mol. The van der Waals surface area contributed by atoms with Crippen LogP contribution in [-0.2, 0) is 0 Å². The van der Waals surface area contributed by atoms with Gasteiger partial charge in [0.1, 0.15) is 12.2 Å². The van der Waals surface area contributed by atoms with E-state index in [4.69, 9.17) is 10.2 Å². The van der Waals surface area contributed by atoms with Gasteiger partial charge in [-0.05, 0) is 13.3 Å². The highest BCUT2D eigenvalue weighted by Gasteiger charge is 1.96. The van der Waals surface area contributed by atoms with Gasteiger partial charge in [0.25, 0.3) is 0 Å². The normalized spacial score (nSPS) is 14.9. The lowest BCUT2D eigenvalue weighted by molar-refractivity contribution is 0.215. The standard InChI is InChI=1S/C9H16O2/c1-3-4-5-9(11)7-6-8(2)10/h8-11H,3-5H2,1-2H3. The van der Waals surface area contributed by atoms with E-state index in [0.29, 0.717) is 6.42 Å². The SMILES string of the molecule is CCCCC(O)C#CC(C)O. The molecule has 0 heterocycles. The number of hydrogen-bond donors (Lipinski definition) is 2. The van der Waals surface area contributed by atoms with Crippen molar-refractivity contribution in [1.29, 1.82) is 0 Å². The molecule has 64 valence electrons. The number of aliphatic hydroxyl groups excluding tert-OH is 2. The highest BCUT2D eigenvalue weighted by Crippen LogP contribution is 1.98. The molecule has 0 aliphatic heterocycles. The van der Waals surface area contributed by atoms with Crippen molar-refractivity contribution in [2.75, 3.05) is 0 Å². The molecule has 2 unspecified atom stereocenters. The third-order valence-electron chi connectivity index (χ3n) is 1.29. The summed E-state index contributed by atoms with van der Waals surface area (Å²) in [5, 5.41) is 17.9. The molecule has 2 N–H and O–H groups in total. The van der Waals surface area contributed by atoms with Crippen LogP contribution in [0.5, 0.6) is 0 Å². The van der Waals surface area contributed by atoms with Gasteiger partial charge in [0.15, 0.2) is 0 Å². The second-order valence-corrected chi connectivity index (χ2v) is 2.62. The second-order valence-electron chi connectivity index (χ2n) is 2.62. The molecule has 0 rings (SSSR count). The Kier molecular flexibility index (Phi) is 5.91. The van der Waals surface area contributed by atoms with Crippen molar-refractivity contribution in [3.8, 4) is 11.8 Å². The van der Waals surface area contributed by atoms with Gasteiger partial charge in [-0.25, -0.2) is 0 Å². The predicted octanol–water partition coefficient (Wildman–Crippen LogP) is 0.922. The van der Waals surface area contributed by atoms with Crippen molar-refractivity contribution in [2.45, 2.75) is 45.3 Å². The van der Waals surface area contributed by atoms with Crippen LogP contribution in [0.2, 0.25) is 0 Å². The molecule has 0 aromatic rings. The Balaban J connectivity index is 3.53. The van der Waals surface area contributed by atoms with Gasteiger partial charge in [-0.3, -0.25) is 0 Å². The van der Waals surface area contributed by atoms with Crippen molar-refractivity contribution >= 4 is 0 Å². The first-order chi connectivity index (χ1) is 5.16. The van der Waals surface area contributed by atoms with Gasteiger partial charge in [-0.15, -0.1) is 0 Å². The molecule has 11 heavy (non-hydrogen) atoms. The minimum atomic E-state index is -0.633. The summed E-state index contributed by atoms with van der Waals surface area (Å²) in [7, 11) is 0. The molecule has 0 aliphatic carbocycles. The van der Waals surface area contributed by atoms with E-state index >= 15 is 0 Å². The number of aliphatic hydroxyl groups is 2. The summed E-state index contributed by atoms with van der Waals surface area (Å²) in [6, 6.07) is 0. The zero-order valence-electron chi connectivity index (χ0n) is 7.17. The predicted molar refractivity (Wildman–Crippen MR) is 45.0 cm³/mol. The van der Waals surface area contributed by atoms with E-state index in [1.54, 1.807) is 6.92 Å². The summed E-state index contributed by atoms with van der Waals surface area (Å²) in [5.74, 6) is 5.08.